The van der Waals surface area contributed by atoms with Crippen LogP contribution in [-0.2, 0) is 16.1 Å². The lowest BCUT2D eigenvalue weighted by Crippen LogP contribution is -2.40. The molecule has 1 aliphatic rings. The van der Waals surface area contributed by atoms with Crippen LogP contribution in [-0.4, -0.2) is 41.0 Å². The Morgan fingerprint density at radius 2 is 1.91 bits per heavy atom. The summed E-state index contributed by atoms with van der Waals surface area (Å²) in [4.78, 5) is 33.8. The van der Waals surface area contributed by atoms with Crippen LogP contribution in [0.5, 0.6) is 0 Å². The normalized spacial score (nSPS) is 15.8. The fourth-order valence-corrected chi connectivity index (χ4v) is 5.08. The Kier molecular flexibility index (Phi) is 6.56. The number of benzene rings is 1. The van der Waals surface area contributed by atoms with E-state index in [9.17, 15) is 9.59 Å². The molecule has 0 aliphatic carbocycles. The summed E-state index contributed by atoms with van der Waals surface area (Å²) in [7, 11) is 3.93. The van der Waals surface area contributed by atoms with Gasteiger partial charge < -0.3 is 9.64 Å². The standard InChI is InChI=1S/C25H29N5O3S/c1-7-29-14-18(15(3)27-29)13-20-23(31)30-22(17-9-11-19(12-10-17)28(5)6)21(24(32)33-8-2)16(4)26-25(30)34-20/h9-14,22H,7-8H2,1-6H3. The Labute approximate surface area is 202 Å². The van der Waals surface area contributed by atoms with Crippen molar-refractivity contribution >= 4 is 29.1 Å². The van der Waals surface area contributed by atoms with Crippen LogP contribution in [0.15, 0.2) is 51.5 Å². The molecule has 0 spiro atoms. The van der Waals surface area contributed by atoms with Crippen molar-refractivity contribution < 1.29 is 9.53 Å². The van der Waals surface area contributed by atoms with Gasteiger partial charge in [0.25, 0.3) is 5.56 Å². The van der Waals surface area contributed by atoms with Gasteiger partial charge >= 0.3 is 5.97 Å². The second kappa shape index (κ2) is 9.42. The minimum Gasteiger partial charge on any atom is -0.463 e. The van der Waals surface area contributed by atoms with E-state index in [1.54, 1.807) is 18.4 Å². The molecule has 0 saturated heterocycles. The number of nitrogens with zero attached hydrogens (tertiary/aromatic N) is 5. The number of carbonyl (C=O) groups excluding carboxylic acids is 1. The van der Waals surface area contributed by atoms with E-state index in [0.717, 1.165) is 29.1 Å². The van der Waals surface area contributed by atoms with Crippen LogP contribution in [0.4, 0.5) is 5.69 Å². The zero-order valence-electron chi connectivity index (χ0n) is 20.3. The molecule has 1 aromatic carbocycles. The van der Waals surface area contributed by atoms with Gasteiger partial charge in [0.2, 0.25) is 0 Å². The number of allylic oxidation sites excluding steroid dienone is 1. The molecular weight excluding hydrogens is 450 g/mol. The van der Waals surface area contributed by atoms with Crippen molar-refractivity contribution in [1.29, 1.82) is 0 Å². The summed E-state index contributed by atoms with van der Waals surface area (Å²) >= 11 is 1.32. The molecule has 2 aromatic heterocycles. The summed E-state index contributed by atoms with van der Waals surface area (Å²) in [6, 6.07) is 7.24. The Bertz CT molecular complexity index is 1440. The summed E-state index contributed by atoms with van der Waals surface area (Å²) in [6.07, 6.45) is 3.79. The summed E-state index contributed by atoms with van der Waals surface area (Å²) < 4.78 is 9.36. The summed E-state index contributed by atoms with van der Waals surface area (Å²) in [5.74, 6) is -0.459. The molecule has 1 aliphatic heterocycles. The number of hydrogen-bond donors (Lipinski definition) is 0. The molecule has 4 rings (SSSR count). The maximum atomic E-state index is 13.7. The Morgan fingerprint density at radius 1 is 1.21 bits per heavy atom. The molecule has 0 fully saturated rings. The van der Waals surface area contributed by atoms with Gasteiger partial charge in [0.15, 0.2) is 4.80 Å². The van der Waals surface area contributed by atoms with Crippen molar-refractivity contribution in [1.82, 2.24) is 14.3 Å². The van der Waals surface area contributed by atoms with Gasteiger partial charge in [0.1, 0.15) is 0 Å². The smallest absolute Gasteiger partial charge is 0.338 e. The maximum absolute atomic E-state index is 13.7. The molecule has 0 N–H and O–H groups in total. The van der Waals surface area contributed by atoms with Crippen molar-refractivity contribution in [2.24, 2.45) is 4.99 Å². The first-order valence-corrected chi connectivity index (χ1v) is 12.1. The lowest BCUT2D eigenvalue weighted by Gasteiger charge is -2.25. The van der Waals surface area contributed by atoms with Crippen LogP contribution in [0.25, 0.3) is 6.08 Å². The molecule has 0 saturated carbocycles. The monoisotopic (exact) mass is 479 g/mol. The molecule has 0 amide bonds. The summed E-state index contributed by atoms with van der Waals surface area (Å²) in [5, 5.41) is 4.47. The highest BCUT2D eigenvalue weighted by Crippen LogP contribution is 2.31. The predicted molar refractivity (Wildman–Crippen MR) is 134 cm³/mol. The minimum absolute atomic E-state index is 0.191. The predicted octanol–water partition coefficient (Wildman–Crippen LogP) is 2.39. The van der Waals surface area contributed by atoms with E-state index in [2.05, 4.69) is 10.1 Å². The van der Waals surface area contributed by atoms with Crippen molar-refractivity contribution in [3.05, 3.63) is 78.2 Å². The number of thiazole rings is 1. The largest absolute Gasteiger partial charge is 0.463 e. The Hall–Kier alpha value is -3.46. The first-order valence-electron chi connectivity index (χ1n) is 11.3. The molecule has 8 nitrogen and oxygen atoms in total. The van der Waals surface area contributed by atoms with E-state index in [0.29, 0.717) is 20.6 Å². The molecule has 34 heavy (non-hydrogen) atoms. The number of fused-ring (bicyclic) bond motifs is 1. The highest BCUT2D eigenvalue weighted by Gasteiger charge is 2.33. The van der Waals surface area contributed by atoms with Gasteiger partial charge in [-0.05, 0) is 51.5 Å². The van der Waals surface area contributed by atoms with E-state index >= 15 is 0 Å². The van der Waals surface area contributed by atoms with Gasteiger partial charge in [-0.15, -0.1) is 0 Å². The third-order valence-corrected chi connectivity index (χ3v) is 6.82. The van der Waals surface area contributed by atoms with Crippen LogP contribution < -0.4 is 19.8 Å². The Morgan fingerprint density at radius 3 is 2.50 bits per heavy atom. The maximum Gasteiger partial charge on any atom is 0.338 e. The molecule has 3 heterocycles. The van der Waals surface area contributed by atoms with Crippen molar-refractivity contribution in [2.75, 3.05) is 25.6 Å². The summed E-state index contributed by atoms with van der Waals surface area (Å²) in [6.45, 7) is 8.50. The second-order valence-corrected chi connectivity index (χ2v) is 9.32. The first kappa shape index (κ1) is 23.7. The van der Waals surface area contributed by atoms with Crippen LogP contribution in [0.2, 0.25) is 0 Å². The highest BCUT2D eigenvalue weighted by atomic mass is 32.1. The second-order valence-electron chi connectivity index (χ2n) is 8.31. The van der Waals surface area contributed by atoms with E-state index in [4.69, 9.17) is 4.74 Å². The molecule has 1 unspecified atom stereocenters. The van der Waals surface area contributed by atoms with E-state index in [1.807, 2.05) is 74.1 Å². The van der Waals surface area contributed by atoms with Crippen molar-refractivity contribution in [2.45, 2.75) is 40.3 Å². The van der Waals surface area contributed by atoms with Gasteiger partial charge in [-0.2, -0.15) is 5.10 Å². The lowest BCUT2D eigenvalue weighted by molar-refractivity contribution is -0.139. The quantitative estimate of drug-likeness (QED) is 0.507. The van der Waals surface area contributed by atoms with Crippen LogP contribution >= 0.6 is 11.3 Å². The number of anilines is 1. The Balaban J connectivity index is 1.93. The molecule has 1 atom stereocenters. The van der Waals surface area contributed by atoms with E-state index < -0.39 is 12.0 Å². The average molecular weight is 480 g/mol. The highest BCUT2D eigenvalue weighted by molar-refractivity contribution is 7.07. The van der Waals surface area contributed by atoms with E-state index in [-0.39, 0.29) is 12.2 Å². The number of ether oxygens (including phenoxy) is 1. The summed E-state index contributed by atoms with van der Waals surface area (Å²) in [5.41, 5.74) is 4.34. The number of rotatable bonds is 6. The minimum atomic E-state index is -0.617. The fourth-order valence-electron chi connectivity index (χ4n) is 4.04. The van der Waals surface area contributed by atoms with E-state index in [1.165, 1.54) is 11.3 Å². The number of aryl methyl sites for hydroxylation is 2. The molecule has 0 bridgehead atoms. The zero-order chi connectivity index (χ0) is 24.6. The number of carbonyl (C=O) groups is 1. The van der Waals surface area contributed by atoms with Gasteiger partial charge in [0.05, 0.1) is 34.1 Å². The van der Waals surface area contributed by atoms with Gasteiger partial charge in [-0.1, -0.05) is 23.5 Å². The molecular formula is C25H29N5O3S. The molecule has 3 aromatic rings. The zero-order valence-corrected chi connectivity index (χ0v) is 21.1. The lowest BCUT2D eigenvalue weighted by atomic mass is 9.95. The average Bonchev–Trinajstić information content (AvgIpc) is 3.32. The van der Waals surface area contributed by atoms with Crippen LogP contribution in [0.3, 0.4) is 0 Å². The topological polar surface area (TPSA) is 81.7 Å². The van der Waals surface area contributed by atoms with Gasteiger partial charge in [0, 0.05) is 38.1 Å². The van der Waals surface area contributed by atoms with Crippen molar-refractivity contribution in [3.63, 3.8) is 0 Å². The third kappa shape index (κ3) is 4.23. The van der Waals surface area contributed by atoms with Gasteiger partial charge in [-0.3, -0.25) is 14.0 Å². The molecule has 9 heteroatoms. The SMILES string of the molecule is CCOC(=O)C1=C(C)N=c2sc(=Cc3cn(CC)nc3C)c(=O)n2C1c1ccc(N(C)C)cc1. The fraction of sp³-hybridized carbons (Fsp3) is 0.360. The van der Waals surface area contributed by atoms with Crippen molar-refractivity contribution in [3.8, 4) is 0 Å². The third-order valence-electron chi connectivity index (χ3n) is 5.84. The van der Waals surface area contributed by atoms with Crippen LogP contribution in [0, 0.1) is 6.92 Å². The number of esters is 1. The number of aromatic nitrogens is 3. The molecule has 0 radical (unpaired) electrons. The number of hydrogen-bond acceptors (Lipinski definition) is 7. The van der Waals surface area contributed by atoms with Crippen LogP contribution in [0.1, 0.15) is 43.6 Å². The first-order chi connectivity index (χ1) is 16.2. The molecule has 178 valence electrons. The van der Waals surface area contributed by atoms with Gasteiger partial charge in [-0.25, -0.2) is 9.79 Å².